The van der Waals surface area contributed by atoms with Crippen LogP contribution in [0.1, 0.15) is 40.5 Å². The van der Waals surface area contributed by atoms with E-state index in [9.17, 15) is 4.79 Å². The predicted molar refractivity (Wildman–Crippen MR) is 84.4 cm³/mol. The second-order valence-electron chi connectivity index (χ2n) is 4.67. The molecule has 0 aromatic heterocycles. The number of hydrogen-bond donors (Lipinski definition) is 1. The van der Waals surface area contributed by atoms with Crippen LogP contribution in [0.4, 0.5) is 0 Å². The molecular weight excluding hydrogens is 290 g/mol. The molecule has 0 bridgehead atoms. The first kappa shape index (κ1) is 20.5. The Morgan fingerprint density at radius 1 is 1.05 bits per heavy atom. The fourth-order valence-corrected chi connectivity index (χ4v) is 4.41. The van der Waals surface area contributed by atoms with Crippen LogP contribution in [0.25, 0.3) is 0 Å². The minimum Gasteiger partial charge on any atom is -0.481 e. The minimum absolute atomic E-state index is 0.222. The topological polar surface area (TPSA) is 68.0 Å². The van der Waals surface area contributed by atoms with Gasteiger partial charge in [0.15, 0.2) is 0 Å². The number of hydrogen-bond acceptors (Lipinski definition) is 5. The molecule has 0 aromatic rings. The Morgan fingerprint density at radius 3 is 1.76 bits per heavy atom. The largest absolute Gasteiger partial charge is 0.500 e. The van der Waals surface area contributed by atoms with Crippen molar-refractivity contribution in [3.8, 4) is 0 Å². The van der Waals surface area contributed by atoms with Gasteiger partial charge in [0.05, 0.1) is 0 Å². The molecule has 0 spiro atoms. The van der Waals surface area contributed by atoms with E-state index in [-0.39, 0.29) is 6.42 Å². The lowest BCUT2D eigenvalue weighted by molar-refractivity contribution is -0.136. The minimum atomic E-state index is -2.36. The summed E-state index contributed by atoms with van der Waals surface area (Å²) in [5.74, 6) is -0.745. The zero-order valence-electron chi connectivity index (χ0n) is 13.9. The Bertz CT molecular complexity index is 257. The van der Waals surface area contributed by atoms with Crippen molar-refractivity contribution in [1.82, 2.24) is 4.90 Å². The number of nitrogens with zero attached hydrogens (tertiary/aromatic N) is 1. The monoisotopic (exact) mass is 321 g/mol. The van der Waals surface area contributed by atoms with Crippen LogP contribution in [0.2, 0.25) is 6.04 Å². The Labute approximate surface area is 129 Å². The number of aliphatic carboxylic acids is 1. The zero-order chi connectivity index (χ0) is 16.1. The molecule has 1 aliphatic rings. The highest BCUT2D eigenvalue weighted by Gasteiger charge is 2.39. The molecule has 0 aromatic carbocycles. The summed E-state index contributed by atoms with van der Waals surface area (Å²) in [6.07, 6.45) is 1.34. The van der Waals surface area contributed by atoms with Crippen molar-refractivity contribution in [2.75, 3.05) is 39.5 Å². The number of carboxylic acids is 1. The van der Waals surface area contributed by atoms with E-state index in [0.29, 0.717) is 19.8 Å². The van der Waals surface area contributed by atoms with E-state index in [1.807, 2.05) is 20.8 Å². The molecule has 1 fully saturated rings. The van der Waals surface area contributed by atoms with Crippen LogP contribution in [-0.2, 0) is 18.1 Å². The molecule has 126 valence electrons. The molecule has 0 amide bonds. The van der Waals surface area contributed by atoms with Gasteiger partial charge in [0.1, 0.15) is 0 Å². The van der Waals surface area contributed by atoms with Crippen LogP contribution in [0.15, 0.2) is 0 Å². The van der Waals surface area contributed by atoms with E-state index < -0.39 is 14.8 Å². The van der Waals surface area contributed by atoms with Crippen LogP contribution in [0, 0.1) is 0 Å². The van der Waals surface area contributed by atoms with Crippen LogP contribution < -0.4 is 0 Å². The van der Waals surface area contributed by atoms with Gasteiger partial charge in [-0.15, -0.1) is 0 Å². The zero-order valence-corrected chi connectivity index (χ0v) is 14.9. The standard InChI is InChI=1S/C11H25NO3Si.C3H6O2/c1-4-13-16(14-5-2,15-6-3)11-7-8-12-9-10-12;1-2-3(4)5/h4-11H2,1-3H3;2H2,1H3,(H,4,5). The van der Waals surface area contributed by atoms with Gasteiger partial charge in [-0.1, -0.05) is 6.92 Å². The Kier molecular flexibility index (Phi) is 11.8. The normalized spacial score (nSPS) is 14.5. The molecule has 1 rings (SSSR count). The average Bonchev–Trinajstić information content (AvgIpc) is 3.24. The van der Waals surface area contributed by atoms with Gasteiger partial charge in [0.2, 0.25) is 0 Å². The lowest BCUT2D eigenvalue weighted by Gasteiger charge is -2.28. The average molecular weight is 321 g/mol. The molecular formula is C14H31NO5Si. The Balaban J connectivity index is 0.000000690. The lowest BCUT2D eigenvalue weighted by Crippen LogP contribution is -2.46. The molecule has 6 nitrogen and oxygen atoms in total. The maximum Gasteiger partial charge on any atom is 0.500 e. The molecule has 0 aliphatic carbocycles. The van der Waals surface area contributed by atoms with E-state index in [1.54, 1.807) is 6.92 Å². The third-order valence-electron chi connectivity index (χ3n) is 2.89. The van der Waals surface area contributed by atoms with E-state index in [2.05, 4.69) is 4.90 Å². The smallest absolute Gasteiger partial charge is 0.481 e. The molecule has 1 N–H and O–H groups in total. The molecule has 0 unspecified atom stereocenters. The number of carboxylic acid groups (broad SMARTS) is 1. The van der Waals surface area contributed by atoms with Gasteiger partial charge in [-0.3, -0.25) is 4.79 Å². The van der Waals surface area contributed by atoms with Gasteiger partial charge in [0.25, 0.3) is 0 Å². The van der Waals surface area contributed by atoms with E-state index in [4.69, 9.17) is 18.4 Å². The first-order chi connectivity index (χ1) is 10.0. The first-order valence-corrected chi connectivity index (χ1v) is 9.82. The summed E-state index contributed by atoms with van der Waals surface area (Å²) in [7, 11) is -2.36. The van der Waals surface area contributed by atoms with Crippen LogP contribution >= 0.6 is 0 Å². The van der Waals surface area contributed by atoms with Gasteiger partial charge < -0.3 is 23.3 Å². The van der Waals surface area contributed by atoms with E-state index >= 15 is 0 Å². The van der Waals surface area contributed by atoms with E-state index in [1.165, 1.54) is 13.1 Å². The van der Waals surface area contributed by atoms with Crippen LogP contribution in [-0.4, -0.2) is 64.2 Å². The van der Waals surface area contributed by atoms with E-state index in [0.717, 1.165) is 19.0 Å². The van der Waals surface area contributed by atoms with Crippen molar-refractivity contribution in [2.45, 2.75) is 46.6 Å². The fourth-order valence-electron chi connectivity index (χ4n) is 1.81. The molecule has 1 saturated heterocycles. The molecule has 0 saturated carbocycles. The van der Waals surface area contributed by atoms with Crippen molar-refractivity contribution in [3.63, 3.8) is 0 Å². The highest BCUT2D eigenvalue weighted by Crippen LogP contribution is 2.19. The maximum atomic E-state index is 9.37. The summed E-state index contributed by atoms with van der Waals surface area (Å²) in [5, 5.41) is 7.72. The van der Waals surface area contributed by atoms with Gasteiger partial charge in [-0.2, -0.15) is 0 Å². The van der Waals surface area contributed by atoms with Crippen LogP contribution in [0.3, 0.4) is 0 Å². The summed E-state index contributed by atoms with van der Waals surface area (Å²) in [6.45, 7) is 13.3. The first-order valence-electron chi connectivity index (χ1n) is 7.89. The maximum absolute atomic E-state index is 9.37. The van der Waals surface area contributed by atoms with Gasteiger partial charge >= 0.3 is 14.8 Å². The molecule has 1 aliphatic heterocycles. The summed E-state index contributed by atoms with van der Waals surface area (Å²) in [6, 6.07) is 0.943. The second-order valence-corrected chi connectivity index (χ2v) is 7.41. The second kappa shape index (κ2) is 12.1. The number of carbonyl (C=O) groups is 1. The molecule has 1 heterocycles. The quantitative estimate of drug-likeness (QED) is 0.465. The van der Waals surface area contributed by atoms with Gasteiger partial charge in [-0.25, -0.2) is 0 Å². The highest BCUT2D eigenvalue weighted by molar-refractivity contribution is 6.60. The summed E-state index contributed by atoms with van der Waals surface area (Å²) >= 11 is 0. The predicted octanol–water partition coefficient (Wildman–Crippen LogP) is 2.22. The van der Waals surface area contributed by atoms with Gasteiger partial charge in [0, 0.05) is 45.4 Å². The fraction of sp³-hybridized carbons (Fsp3) is 0.929. The molecule has 21 heavy (non-hydrogen) atoms. The SMILES string of the molecule is CCC(=O)O.CCO[Si](CCCN1CC1)(OCC)OCC. The highest BCUT2D eigenvalue weighted by atomic mass is 28.4. The Hall–Kier alpha value is -0.473. The third kappa shape index (κ3) is 10.8. The summed E-state index contributed by atoms with van der Waals surface area (Å²) in [4.78, 5) is 11.8. The van der Waals surface area contributed by atoms with Crippen molar-refractivity contribution < 1.29 is 23.2 Å². The Morgan fingerprint density at radius 2 is 1.48 bits per heavy atom. The molecule has 0 atom stereocenters. The van der Waals surface area contributed by atoms with Crippen molar-refractivity contribution in [3.05, 3.63) is 0 Å². The summed E-state index contributed by atoms with van der Waals surface area (Å²) in [5.41, 5.74) is 0. The molecule has 7 heteroatoms. The van der Waals surface area contributed by atoms with Crippen molar-refractivity contribution in [1.29, 1.82) is 0 Å². The molecule has 0 radical (unpaired) electrons. The summed E-state index contributed by atoms with van der Waals surface area (Å²) < 4.78 is 17.4. The van der Waals surface area contributed by atoms with Gasteiger partial charge in [-0.05, 0) is 33.7 Å². The van der Waals surface area contributed by atoms with Crippen molar-refractivity contribution in [2.24, 2.45) is 0 Å². The number of rotatable bonds is 11. The van der Waals surface area contributed by atoms with Crippen LogP contribution in [0.5, 0.6) is 0 Å². The van der Waals surface area contributed by atoms with Crippen molar-refractivity contribution >= 4 is 14.8 Å². The third-order valence-corrected chi connectivity index (χ3v) is 6.04. The lowest BCUT2D eigenvalue weighted by atomic mass is 10.5.